The van der Waals surface area contributed by atoms with Crippen LogP contribution in [-0.2, 0) is 0 Å². The smallest absolute Gasteiger partial charge is 0.248 e. The van der Waals surface area contributed by atoms with Crippen molar-refractivity contribution in [3.63, 3.8) is 0 Å². The highest BCUT2D eigenvalue weighted by Gasteiger charge is 2.03. The zero-order valence-electron chi connectivity index (χ0n) is 7.03. The molecule has 5 nitrogen and oxygen atoms in total. The van der Waals surface area contributed by atoms with Crippen molar-refractivity contribution in [1.82, 2.24) is 9.97 Å². The van der Waals surface area contributed by atoms with Gasteiger partial charge in [0.1, 0.15) is 0 Å². The standard InChI is InChI=1S/C8H10N4O/c9-2-4-10-6-1-3-11-8-7(6)12-5-13-8/h1,3,5H,2,4,9H2,(H,10,11). The van der Waals surface area contributed by atoms with Crippen molar-refractivity contribution in [3.05, 3.63) is 18.7 Å². The average molecular weight is 178 g/mol. The normalized spacial score (nSPS) is 10.5. The molecule has 2 heterocycles. The minimum absolute atomic E-state index is 0.544. The van der Waals surface area contributed by atoms with Gasteiger partial charge in [0, 0.05) is 19.3 Å². The molecule has 68 valence electrons. The quantitative estimate of drug-likeness (QED) is 0.719. The van der Waals surface area contributed by atoms with Gasteiger partial charge in [0.15, 0.2) is 11.9 Å². The van der Waals surface area contributed by atoms with Crippen LogP contribution >= 0.6 is 0 Å². The Hall–Kier alpha value is -1.62. The molecule has 2 rings (SSSR count). The van der Waals surface area contributed by atoms with Crippen molar-refractivity contribution in [2.24, 2.45) is 5.73 Å². The predicted octanol–water partition coefficient (Wildman–Crippen LogP) is 0.593. The molecule has 0 amide bonds. The Labute approximate surface area is 75.0 Å². The molecule has 3 N–H and O–H groups in total. The Morgan fingerprint density at radius 2 is 2.38 bits per heavy atom. The fourth-order valence-electron chi connectivity index (χ4n) is 1.12. The summed E-state index contributed by atoms with van der Waals surface area (Å²) in [5.41, 5.74) is 7.57. The number of hydrogen-bond acceptors (Lipinski definition) is 5. The molecule has 0 spiro atoms. The van der Waals surface area contributed by atoms with Crippen LogP contribution in [0.15, 0.2) is 23.1 Å². The highest BCUT2D eigenvalue weighted by Crippen LogP contribution is 2.18. The van der Waals surface area contributed by atoms with E-state index >= 15 is 0 Å². The lowest BCUT2D eigenvalue weighted by atomic mass is 10.3. The van der Waals surface area contributed by atoms with Gasteiger partial charge in [-0.1, -0.05) is 0 Å². The predicted molar refractivity (Wildman–Crippen MR) is 49.3 cm³/mol. The van der Waals surface area contributed by atoms with Crippen LogP contribution in [0.2, 0.25) is 0 Å². The molecule has 0 aliphatic heterocycles. The molecule has 5 heteroatoms. The molecule has 2 aromatic heterocycles. The first kappa shape index (κ1) is 8.00. The van der Waals surface area contributed by atoms with Gasteiger partial charge in [-0.25, -0.2) is 9.97 Å². The number of hydrogen-bond donors (Lipinski definition) is 2. The summed E-state index contributed by atoms with van der Waals surface area (Å²) in [4.78, 5) is 8.05. The zero-order valence-corrected chi connectivity index (χ0v) is 7.03. The summed E-state index contributed by atoms with van der Waals surface area (Å²) in [5, 5.41) is 3.14. The Kier molecular flexibility index (Phi) is 2.09. The Balaban J connectivity index is 2.37. The van der Waals surface area contributed by atoms with E-state index in [1.807, 2.05) is 6.07 Å². The third-order valence-electron chi connectivity index (χ3n) is 1.70. The third-order valence-corrected chi connectivity index (χ3v) is 1.70. The van der Waals surface area contributed by atoms with Crippen molar-refractivity contribution in [3.8, 4) is 0 Å². The van der Waals surface area contributed by atoms with Crippen LogP contribution in [0.25, 0.3) is 11.2 Å². The van der Waals surface area contributed by atoms with E-state index in [0.717, 1.165) is 11.2 Å². The molecule has 0 saturated carbocycles. The molecule has 0 saturated heterocycles. The maximum absolute atomic E-state index is 5.37. The summed E-state index contributed by atoms with van der Waals surface area (Å²) in [6.07, 6.45) is 3.05. The second-order valence-corrected chi connectivity index (χ2v) is 2.58. The van der Waals surface area contributed by atoms with Crippen LogP contribution in [0.4, 0.5) is 5.69 Å². The number of nitrogens with one attached hydrogen (secondary N) is 1. The highest BCUT2D eigenvalue weighted by molar-refractivity contribution is 5.83. The van der Waals surface area contributed by atoms with Gasteiger partial charge < -0.3 is 15.5 Å². The molecule has 0 unspecified atom stereocenters. The monoisotopic (exact) mass is 178 g/mol. The fourth-order valence-corrected chi connectivity index (χ4v) is 1.12. The van der Waals surface area contributed by atoms with Crippen LogP contribution in [0.1, 0.15) is 0 Å². The molecule has 13 heavy (non-hydrogen) atoms. The van der Waals surface area contributed by atoms with Gasteiger partial charge in [-0.05, 0) is 6.07 Å². The number of nitrogens with zero attached hydrogens (tertiary/aromatic N) is 2. The van der Waals surface area contributed by atoms with Gasteiger partial charge in [0.2, 0.25) is 5.71 Å². The van der Waals surface area contributed by atoms with E-state index in [2.05, 4.69) is 15.3 Å². The minimum atomic E-state index is 0.544. The number of nitrogens with two attached hydrogens (primary N) is 1. The van der Waals surface area contributed by atoms with E-state index in [1.54, 1.807) is 6.20 Å². The summed E-state index contributed by atoms with van der Waals surface area (Å²) in [5.74, 6) is 0. The second-order valence-electron chi connectivity index (χ2n) is 2.58. The Bertz CT molecular complexity index is 398. The molecular weight excluding hydrogens is 168 g/mol. The number of pyridine rings is 1. The van der Waals surface area contributed by atoms with Crippen LogP contribution in [-0.4, -0.2) is 23.1 Å². The van der Waals surface area contributed by atoms with Crippen molar-refractivity contribution in [2.75, 3.05) is 18.4 Å². The van der Waals surface area contributed by atoms with Crippen molar-refractivity contribution in [2.45, 2.75) is 0 Å². The number of anilines is 1. The first-order valence-electron chi connectivity index (χ1n) is 4.04. The minimum Gasteiger partial charge on any atom is -0.425 e. The molecule has 0 fully saturated rings. The largest absolute Gasteiger partial charge is 0.425 e. The van der Waals surface area contributed by atoms with Gasteiger partial charge in [0.05, 0.1) is 5.69 Å². The molecule has 0 aliphatic rings. The molecular formula is C8H10N4O. The van der Waals surface area contributed by atoms with E-state index in [9.17, 15) is 0 Å². The number of aromatic nitrogens is 2. The maximum Gasteiger partial charge on any atom is 0.248 e. The molecule has 0 aromatic carbocycles. The summed E-state index contributed by atoms with van der Waals surface area (Å²) in [6, 6.07) is 1.85. The first-order valence-corrected chi connectivity index (χ1v) is 4.04. The first-order chi connectivity index (χ1) is 6.42. The number of fused-ring (bicyclic) bond motifs is 1. The molecule has 0 bridgehead atoms. The maximum atomic E-state index is 5.37. The van der Waals surface area contributed by atoms with Crippen LogP contribution in [0.3, 0.4) is 0 Å². The van der Waals surface area contributed by atoms with Crippen molar-refractivity contribution >= 4 is 16.9 Å². The van der Waals surface area contributed by atoms with Gasteiger partial charge >= 0.3 is 0 Å². The van der Waals surface area contributed by atoms with Crippen molar-refractivity contribution < 1.29 is 4.42 Å². The van der Waals surface area contributed by atoms with Gasteiger partial charge in [-0.3, -0.25) is 0 Å². The highest BCUT2D eigenvalue weighted by atomic mass is 16.3. The SMILES string of the molecule is NCCNc1ccnc2ocnc12. The average Bonchev–Trinajstić information content (AvgIpc) is 2.62. The van der Waals surface area contributed by atoms with Crippen LogP contribution in [0, 0.1) is 0 Å². The van der Waals surface area contributed by atoms with Gasteiger partial charge in [0.25, 0.3) is 0 Å². The van der Waals surface area contributed by atoms with E-state index in [4.69, 9.17) is 10.2 Å². The van der Waals surface area contributed by atoms with Gasteiger partial charge in [-0.2, -0.15) is 0 Å². The Morgan fingerprint density at radius 3 is 3.23 bits per heavy atom. The second kappa shape index (κ2) is 3.40. The molecule has 0 atom stereocenters. The lowest BCUT2D eigenvalue weighted by Crippen LogP contribution is -2.13. The number of rotatable bonds is 3. The summed E-state index contributed by atoms with van der Waals surface area (Å²) < 4.78 is 5.05. The summed E-state index contributed by atoms with van der Waals surface area (Å²) >= 11 is 0. The van der Waals surface area contributed by atoms with Crippen LogP contribution in [0.5, 0.6) is 0 Å². The van der Waals surface area contributed by atoms with E-state index in [0.29, 0.717) is 18.8 Å². The van der Waals surface area contributed by atoms with Crippen LogP contribution < -0.4 is 11.1 Å². The molecule has 2 aromatic rings. The van der Waals surface area contributed by atoms with E-state index < -0.39 is 0 Å². The van der Waals surface area contributed by atoms with Crippen molar-refractivity contribution in [1.29, 1.82) is 0 Å². The molecule has 0 aliphatic carbocycles. The summed E-state index contributed by atoms with van der Waals surface area (Å²) in [7, 11) is 0. The lowest BCUT2D eigenvalue weighted by molar-refractivity contribution is 0.590. The van der Waals surface area contributed by atoms with Gasteiger partial charge in [-0.15, -0.1) is 0 Å². The lowest BCUT2D eigenvalue weighted by Gasteiger charge is -2.02. The fraction of sp³-hybridized carbons (Fsp3) is 0.250. The zero-order chi connectivity index (χ0) is 9.10. The van der Waals surface area contributed by atoms with E-state index in [1.165, 1.54) is 6.39 Å². The Morgan fingerprint density at radius 1 is 1.46 bits per heavy atom. The topological polar surface area (TPSA) is 77.0 Å². The number of oxazole rings is 1. The molecule has 0 radical (unpaired) electrons. The summed E-state index contributed by atoms with van der Waals surface area (Å²) in [6.45, 7) is 1.30. The van der Waals surface area contributed by atoms with E-state index in [-0.39, 0.29) is 0 Å². The third kappa shape index (κ3) is 1.46.